The summed E-state index contributed by atoms with van der Waals surface area (Å²) in [5.74, 6) is 1.33. The SMILES string of the molecule is COCc1cc(-c2nc(-c3ccnc(N)c3)no2)ccc1-c1ccccc1C. The van der Waals surface area contributed by atoms with E-state index >= 15 is 0 Å². The Kier molecular flexibility index (Phi) is 4.87. The highest BCUT2D eigenvalue weighted by Crippen LogP contribution is 2.31. The maximum Gasteiger partial charge on any atom is 0.258 e. The van der Waals surface area contributed by atoms with Crippen LogP contribution in [0.3, 0.4) is 0 Å². The molecule has 0 unspecified atom stereocenters. The molecule has 2 aromatic heterocycles. The predicted octanol–water partition coefficient (Wildman–Crippen LogP) is 4.50. The zero-order chi connectivity index (χ0) is 19.5. The number of pyridine rings is 1. The summed E-state index contributed by atoms with van der Waals surface area (Å²) < 4.78 is 10.9. The van der Waals surface area contributed by atoms with E-state index in [0.29, 0.717) is 24.1 Å². The molecule has 0 saturated carbocycles. The first-order valence-corrected chi connectivity index (χ1v) is 8.89. The number of aromatic nitrogens is 3. The van der Waals surface area contributed by atoms with Gasteiger partial charge >= 0.3 is 0 Å². The zero-order valence-corrected chi connectivity index (χ0v) is 15.7. The van der Waals surface area contributed by atoms with E-state index in [1.165, 1.54) is 11.1 Å². The van der Waals surface area contributed by atoms with Crippen LogP contribution in [0.4, 0.5) is 5.82 Å². The highest BCUT2D eigenvalue weighted by atomic mass is 16.5. The molecule has 0 spiro atoms. The van der Waals surface area contributed by atoms with Crippen molar-refractivity contribution in [1.29, 1.82) is 0 Å². The second kappa shape index (κ2) is 7.62. The molecule has 0 amide bonds. The smallest absolute Gasteiger partial charge is 0.258 e. The minimum Gasteiger partial charge on any atom is -0.384 e. The van der Waals surface area contributed by atoms with Gasteiger partial charge in [-0.2, -0.15) is 4.98 Å². The third-order valence-corrected chi connectivity index (χ3v) is 4.55. The number of hydrogen-bond donors (Lipinski definition) is 1. The van der Waals surface area contributed by atoms with Crippen LogP contribution < -0.4 is 5.73 Å². The van der Waals surface area contributed by atoms with Crippen molar-refractivity contribution in [1.82, 2.24) is 15.1 Å². The van der Waals surface area contributed by atoms with E-state index in [4.69, 9.17) is 15.0 Å². The monoisotopic (exact) mass is 372 g/mol. The predicted molar refractivity (Wildman–Crippen MR) is 108 cm³/mol. The van der Waals surface area contributed by atoms with E-state index in [1.54, 1.807) is 25.4 Å². The van der Waals surface area contributed by atoms with Gasteiger partial charge in [-0.05, 0) is 53.4 Å². The Morgan fingerprint density at radius 3 is 2.64 bits per heavy atom. The molecule has 2 aromatic carbocycles. The van der Waals surface area contributed by atoms with E-state index < -0.39 is 0 Å². The van der Waals surface area contributed by atoms with Gasteiger partial charge in [0.1, 0.15) is 5.82 Å². The molecule has 4 aromatic rings. The topological polar surface area (TPSA) is 87.1 Å². The fraction of sp³-hybridized carbons (Fsp3) is 0.136. The lowest BCUT2D eigenvalue weighted by atomic mass is 9.94. The molecular weight excluding hydrogens is 352 g/mol. The average molecular weight is 372 g/mol. The number of benzene rings is 2. The second-order valence-electron chi connectivity index (χ2n) is 6.51. The summed E-state index contributed by atoms with van der Waals surface area (Å²) in [7, 11) is 1.69. The molecule has 0 aliphatic carbocycles. The number of ether oxygens (including phenoxy) is 1. The van der Waals surface area contributed by atoms with Gasteiger partial charge in [0, 0.05) is 24.4 Å². The number of rotatable bonds is 5. The quantitative estimate of drug-likeness (QED) is 0.555. The summed E-state index contributed by atoms with van der Waals surface area (Å²) in [5, 5.41) is 4.07. The Labute approximate surface area is 163 Å². The Balaban J connectivity index is 1.73. The van der Waals surface area contributed by atoms with Gasteiger partial charge in [0.05, 0.1) is 6.61 Å². The average Bonchev–Trinajstić information content (AvgIpc) is 3.19. The van der Waals surface area contributed by atoms with Crippen molar-refractivity contribution in [3.63, 3.8) is 0 Å². The van der Waals surface area contributed by atoms with Crippen LogP contribution in [-0.4, -0.2) is 22.2 Å². The lowest BCUT2D eigenvalue weighted by molar-refractivity contribution is 0.185. The Bertz CT molecular complexity index is 1120. The first kappa shape index (κ1) is 17.9. The first-order valence-electron chi connectivity index (χ1n) is 8.89. The Morgan fingerprint density at radius 2 is 1.86 bits per heavy atom. The second-order valence-corrected chi connectivity index (χ2v) is 6.51. The van der Waals surface area contributed by atoms with Crippen LogP contribution in [-0.2, 0) is 11.3 Å². The Hall–Kier alpha value is -3.51. The summed E-state index contributed by atoms with van der Waals surface area (Å²) in [6.45, 7) is 2.59. The van der Waals surface area contributed by atoms with E-state index in [0.717, 1.165) is 22.3 Å². The highest BCUT2D eigenvalue weighted by molar-refractivity contribution is 5.74. The number of methoxy groups -OCH3 is 1. The van der Waals surface area contributed by atoms with Gasteiger partial charge in [-0.3, -0.25) is 0 Å². The summed E-state index contributed by atoms with van der Waals surface area (Å²) in [4.78, 5) is 8.50. The van der Waals surface area contributed by atoms with Crippen LogP contribution in [0.5, 0.6) is 0 Å². The highest BCUT2D eigenvalue weighted by Gasteiger charge is 2.14. The molecule has 6 nitrogen and oxygen atoms in total. The molecule has 0 bridgehead atoms. The Morgan fingerprint density at radius 1 is 1.00 bits per heavy atom. The zero-order valence-electron chi connectivity index (χ0n) is 15.7. The molecule has 4 rings (SSSR count). The van der Waals surface area contributed by atoms with Gasteiger partial charge in [0.25, 0.3) is 5.89 Å². The van der Waals surface area contributed by atoms with Gasteiger partial charge in [-0.25, -0.2) is 4.98 Å². The van der Waals surface area contributed by atoms with E-state index in [1.807, 2.05) is 24.3 Å². The lowest BCUT2D eigenvalue weighted by Crippen LogP contribution is -1.95. The summed E-state index contributed by atoms with van der Waals surface area (Å²) >= 11 is 0. The van der Waals surface area contributed by atoms with E-state index in [2.05, 4.69) is 40.2 Å². The third kappa shape index (κ3) is 3.50. The van der Waals surface area contributed by atoms with Crippen LogP contribution in [0, 0.1) is 6.92 Å². The van der Waals surface area contributed by atoms with Crippen LogP contribution in [0.2, 0.25) is 0 Å². The molecule has 140 valence electrons. The van der Waals surface area contributed by atoms with Crippen LogP contribution in [0.1, 0.15) is 11.1 Å². The number of aryl methyl sites for hydroxylation is 1. The fourth-order valence-electron chi connectivity index (χ4n) is 3.18. The number of anilines is 1. The molecular formula is C22H20N4O2. The van der Waals surface area contributed by atoms with Gasteiger partial charge < -0.3 is 15.0 Å². The van der Waals surface area contributed by atoms with Crippen molar-refractivity contribution in [2.45, 2.75) is 13.5 Å². The van der Waals surface area contributed by atoms with Crippen LogP contribution in [0.15, 0.2) is 65.3 Å². The van der Waals surface area contributed by atoms with Crippen molar-refractivity contribution < 1.29 is 9.26 Å². The molecule has 0 aliphatic rings. The van der Waals surface area contributed by atoms with Crippen molar-refractivity contribution in [3.05, 3.63) is 71.9 Å². The van der Waals surface area contributed by atoms with Gasteiger partial charge in [0.15, 0.2) is 0 Å². The molecule has 2 N–H and O–H groups in total. The van der Waals surface area contributed by atoms with E-state index in [9.17, 15) is 0 Å². The van der Waals surface area contributed by atoms with Crippen LogP contribution >= 0.6 is 0 Å². The largest absolute Gasteiger partial charge is 0.384 e. The summed E-state index contributed by atoms with van der Waals surface area (Å²) in [6.07, 6.45) is 1.62. The minimum atomic E-state index is 0.411. The van der Waals surface area contributed by atoms with Gasteiger partial charge in [-0.15, -0.1) is 0 Å². The van der Waals surface area contributed by atoms with Crippen molar-refractivity contribution >= 4 is 5.82 Å². The number of nitrogens with zero attached hydrogens (tertiary/aromatic N) is 3. The molecule has 0 saturated heterocycles. The number of hydrogen-bond acceptors (Lipinski definition) is 6. The summed E-state index contributed by atoms with van der Waals surface area (Å²) in [5.41, 5.74) is 11.9. The van der Waals surface area contributed by atoms with Crippen molar-refractivity contribution in [2.75, 3.05) is 12.8 Å². The minimum absolute atomic E-state index is 0.411. The molecule has 28 heavy (non-hydrogen) atoms. The standard InChI is InChI=1S/C22H20N4O2/c1-14-5-3-4-6-18(14)19-8-7-16(11-17(19)13-27-2)22-25-21(26-28-22)15-9-10-24-20(23)12-15/h3-12H,13H2,1-2H3,(H2,23,24). The molecule has 2 heterocycles. The first-order chi connectivity index (χ1) is 13.7. The van der Waals surface area contributed by atoms with E-state index in [-0.39, 0.29) is 0 Å². The van der Waals surface area contributed by atoms with Gasteiger partial charge in [-0.1, -0.05) is 35.5 Å². The fourth-order valence-corrected chi connectivity index (χ4v) is 3.18. The maximum absolute atomic E-state index is 5.74. The van der Waals surface area contributed by atoms with Crippen LogP contribution in [0.25, 0.3) is 34.0 Å². The van der Waals surface area contributed by atoms with Gasteiger partial charge in [0.2, 0.25) is 5.82 Å². The van der Waals surface area contributed by atoms with Crippen molar-refractivity contribution in [3.8, 4) is 34.0 Å². The number of nitrogens with two attached hydrogens (primary N) is 1. The molecule has 0 radical (unpaired) electrons. The number of nitrogen functional groups attached to an aromatic ring is 1. The molecule has 0 aliphatic heterocycles. The van der Waals surface area contributed by atoms with Crippen molar-refractivity contribution in [2.24, 2.45) is 0 Å². The molecule has 0 atom stereocenters. The molecule has 6 heteroatoms. The maximum atomic E-state index is 5.74. The molecule has 0 fully saturated rings. The lowest BCUT2D eigenvalue weighted by Gasteiger charge is -2.12. The normalized spacial score (nSPS) is 10.9. The third-order valence-electron chi connectivity index (χ3n) is 4.55. The summed E-state index contributed by atoms with van der Waals surface area (Å²) in [6, 6.07) is 17.9.